The molecule has 0 heteroatoms. The van der Waals surface area contributed by atoms with Crippen LogP contribution in [0.5, 0.6) is 0 Å². The summed E-state index contributed by atoms with van der Waals surface area (Å²) in [5.74, 6) is 0. The first-order valence-electron chi connectivity index (χ1n) is 10.1. The Bertz CT molecular complexity index is 1180. The fourth-order valence-electron chi connectivity index (χ4n) is 4.53. The van der Waals surface area contributed by atoms with E-state index in [9.17, 15) is 0 Å². The Balaban J connectivity index is 1.67. The molecule has 0 amide bonds. The van der Waals surface area contributed by atoms with E-state index in [4.69, 9.17) is 0 Å². The largest absolute Gasteiger partial charge is 0.0654 e. The van der Waals surface area contributed by atoms with Gasteiger partial charge in [-0.3, -0.25) is 0 Å². The monoisotopic (exact) mass is 348 g/mol. The van der Waals surface area contributed by atoms with Crippen molar-refractivity contribution in [3.8, 4) is 11.1 Å². The molecule has 5 rings (SSSR count). The van der Waals surface area contributed by atoms with Gasteiger partial charge in [0.2, 0.25) is 0 Å². The Morgan fingerprint density at radius 2 is 1.52 bits per heavy atom. The molecule has 0 radical (unpaired) electrons. The van der Waals surface area contributed by atoms with Gasteiger partial charge in [0.1, 0.15) is 0 Å². The number of benzene rings is 4. The molecule has 1 aliphatic rings. The van der Waals surface area contributed by atoms with E-state index in [0.717, 1.165) is 6.42 Å². The van der Waals surface area contributed by atoms with Crippen molar-refractivity contribution in [2.45, 2.75) is 32.6 Å². The maximum Gasteiger partial charge on any atom is -0.00517 e. The minimum Gasteiger partial charge on any atom is -0.0654 e. The molecular weight excluding hydrogens is 324 g/mol. The van der Waals surface area contributed by atoms with Gasteiger partial charge < -0.3 is 0 Å². The zero-order valence-corrected chi connectivity index (χ0v) is 15.8. The summed E-state index contributed by atoms with van der Waals surface area (Å²) in [5, 5.41) is 5.35. The second-order valence-corrected chi connectivity index (χ2v) is 7.64. The van der Waals surface area contributed by atoms with Crippen LogP contribution in [0, 0.1) is 0 Å². The summed E-state index contributed by atoms with van der Waals surface area (Å²) in [4.78, 5) is 0. The first-order valence-corrected chi connectivity index (χ1v) is 10.1. The molecule has 0 aromatic heterocycles. The van der Waals surface area contributed by atoms with Crippen LogP contribution in [0.1, 0.15) is 37.3 Å². The van der Waals surface area contributed by atoms with Crippen LogP contribution in [0.25, 0.3) is 38.7 Å². The molecule has 0 unspecified atom stereocenters. The molecular formula is C27H24. The molecule has 0 saturated carbocycles. The second kappa shape index (κ2) is 6.70. The van der Waals surface area contributed by atoms with Crippen molar-refractivity contribution in [2.24, 2.45) is 0 Å². The van der Waals surface area contributed by atoms with Gasteiger partial charge in [-0.1, -0.05) is 97.8 Å². The summed E-state index contributed by atoms with van der Waals surface area (Å²) in [6.07, 6.45) is 7.31. The van der Waals surface area contributed by atoms with Crippen LogP contribution in [0.3, 0.4) is 0 Å². The minimum absolute atomic E-state index is 1.11. The fraction of sp³-hybridized carbons (Fsp3) is 0.185. The van der Waals surface area contributed by atoms with Crippen molar-refractivity contribution in [3.05, 3.63) is 89.5 Å². The minimum atomic E-state index is 1.11. The highest BCUT2D eigenvalue weighted by molar-refractivity contribution is 6.12. The number of rotatable bonds is 4. The lowest BCUT2D eigenvalue weighted by Crippen LogP contribution is -1.92. The average Bonchev–Trinajstić information content (AvgIpc) is 3.15. The van der Waals surface area contributed by atoms with Gasteiger partial charge in [-0.2, -0.15) is 0 Å². The summed E-state index contributed by atoms with van der Waals surface area (Å²) in [6, 6.07) is 26.8. The predicted octanol–water partition coefficient (Wildman–Crippen LogP) is 7.79. The highest BCUT2D eigenvalue weighted by atomic mass is 14.2. The van der Waals surface area contributed by atoms with Gasteiger partial charge >= 0.3 is 0 Å². The first-order chi connectivity index (χ1) is 13.3. The van der Waals surface area contributed by atoms with Crippen LogP contribution in [0.4, 0.5) is 0 Å². The molecule has 0 bridgehead atoms. The normalized spacial score (nSPS) is 13.1. The fourth-order valence-corrected chi connectivity index (χ4v) is 4.53. The first kappa shape index (κ1) is 16.3. The SMILES string of the molecule is CCCCC1=Cc2cccc(-c3cccc4c3ccc3ccccc34)c2C1. The summed E-state index contributed by atoms with van der Waals surface area (Å²) in [5.41, 5.74) is 7.27. The molecule has 27 heavy (non-hydrogen) atoms. The molecule has 0 aliphatic heterocycles. The lowest BCUT2D eigenvalue weighted by molar-refractivity contribution is 0.779. The van der Waals surface area contributed by atoms with E-state index in [1.54, 1.807) is 5.57 Å². The van der Waals surface area contributed by atoms with E-state index in [2.05, 4.69) is 85.8 Å². The van der Waals surface area contributed by atoms with Gasteiger partial charge in [0.25, 0.3) is 0 Å². The van der Waals surface area contributed by atoms with Gasteiger partial charge in [0, 0.05) is 0 Å². The Labute approximate surface area is 161 Å². The zero-order chi connectivity index (χ0) is 18.2. The van der Waals surface area contributed by atoms with Crippen LogP contribution < -0.4 is 0 Å². The van der Waals surface area contributed by atoms with E-state index >= 15 is 0 Å². The van der Waals surface area contributed by atoms with Crippen molar-refractivity contribution in [3.63, 3.8) is 0 Å². The van der Waals surface area contributed by atoms with Gasteiger partial charge in [-0.15, -0.1) is 0 Å². The molecule has 0 N–H and O–H groups in total. The zero-order valence-electron chi connectivity index (χ0n) is 15.8. The maximum atomic E-state index is 2.43. The van der Waals surface area contributed by atoms with E-state index in [0.29, 0.717) is 0 Å². The lowest BCUT2D eigenvalue weighted by atomic mass is 9.90. The molecule has 132 valence electrons. The number of hydrogen-bond donors (Lipinski definition) is 0. The van der Waals surface area contributed by atoms with Crippen molar-refractivity contribution >= 4 is 27.6 Å². The van der Waals surface area contributed by atoms with Gasteiger partial charge in [0.15, 0.2) is 0 Å². The average molecular weight is 348 g/mol. The molecule has 0 spiro atoms. The summed E-state index contributed by atoms with van der Waals surface area (Å²) in [7, 11) is 0. The molecule has 0 fully saturated rings. The number of allylic oxidation sites excluding steroid dienone is 1. The third-order valence-electron chi connectivity index (χ3n) is 5.90. The third-order valence-corrected chi connectivity index (χ3v) is 5.90. The molecule has 1 aliphatic carbocycles. The van der Waals surface area contributed by atoms with Crippen LogP contribution in [-0.2, 0) is 6.42 Å². The Morgan fingerprint density at radius 3 is 2.44 bits per heavy atom. The van der Waals surface area contributed by atoms with Crippen LogP contribution in [0.2, 0.25) is 0 Å². The smallest absolute Gasteiger partial charge is 0.00517 e. The molecule has 0 heterocycles. The third kappa shape index (κ3) is 2.77. The second-order valence-electron chi connectivity index (χ2n) is 7.64. The Morgan fingerprint density at radius 1 is 0.704 bits per heavy atom. The van der Waals surface area contributed by atoms with Gasteiger partial charge in [0.05, 0.1) is 0 Å². The number of fused-ring (bicyclic) bond motifs is 4. The Kier molecular flexibility index (Phi) is 4.05. The predicted molar refractivity (Wildman–Crippen MR) is 118 cm³/mol. The number of hydrogen-bond acceptors (Lipinski definition) is 0. The van der Waals surface area contributed by atoms with Crippen molar-refractivity contribution in [2.75, 3.05) is 0 Å². The highest BCUT2D eigenvalue weighted by Crippen LogP contribution is 2.39. The van der Waals surface area contributed by atoms with Crippen LogP contribution in [0.15, 0.2) is 78.4 Å². The lowest BCUT2D eigenvalue weighted by Gasteiger charge is -2.13. The quantitative estimate of drug-likeness (QED) is 0.330. The summed E-state index contributed by atoms with van der Waals surface area (Å²) in [6.45, 7) is 2.27. The molecule has 0 nitrogen and oxygen atoms in total. The van der Waals surface area contributed by atoms with Crippen molar-refractivity contribution < 1.29 is 0 Å². The van der Waals surface area contributed by atoms with E-state index < -0.39 is 0 Å². The van der Waals surface area contributed by atoms with E-state index in [-0.39, 0.29) is 0 Å². The standard InChI is InChI=1S/C27H24/c1-2-3-8-19-17-21-10-6-12-25(27(21)18-19)24-14-7-13-23-22-11-5-4-9-20(22)15-16-26(23)24/h4-7,9-17H,2-3,8,18H2,1H3. The molecule has 4 aromatic rings. The van der Waals surface area contributed by atoms with Crippen molar-refractivity contribution in [1.29, 1.82) is 0 Å². The van der Waals surface area contributed by atoms with Crippen LogP contribution in [-0.4, -0.2) is 0 Å². The van der Waals surface area contributed by atoms with E-state index in [1.807, 2.05) is 0 Å². The van der Waals surface area contributed by atoms with Crippen molar-refractivity contribution in [1.82, 2.24) is 0 Å². The molecule has 4 aromatic carbocycles. The van der Waals surface area contributed by atoms with Crippen LogP contribution >= 0.6 is 0 Å². The summed E-state index contributed by atoms with van der Waals surface area (Å²) < 4.78 is 0. The number of unbranched alkanes of at least 4 members (excludes halogenated alkanes) is 1. The topological polar surface area (TPSA) is 0 Å². The highest BCUT2D eigenvalue weighted by Gasteiger charge is 2.18. The Hall–Kier alpha value is -2.86. The van der Waals surface area contributed by atoms with E-state index in [1.165, 1.54) is 63.1 Å². The van der Waals surface area contributed by atoms with Gasteiger partial charge in [-0.25, -0.2) is 0 Å². The summed E-state index contributed by atoms with van der Waals surface area (Å²) >= 11 is 0. The van der Waals surface area contributed by atoms with Gasteiger partial charge in [-0.05, 0) is 63.1 Å². The maximum absolute atomic E-state index is 2.43. The molecule has 0 atom stereocenters. The molecule has 0 saturated heterocycles.